The molecule has 0 saturated heterocycles. The number of aryl methyl sites for hydroxylation is 3. The summed E-state index contributed by atoms with van der Waals surface area (Å²) >= 11 is 0. The molecule has 0 bridgehead atoms. The zero-order valence-corrected chi connectivity index (χ0v) is 24.3. The van der Waals surface area contributed by atoms with E-state index in [1.807, 2.05) is 100 Å². The Bertz CT molecular complexity index is 1370. The van der Waals surface area contributed by atoms with Gasteiger partial charge in [-0.3, -0.25) is 13.9 Å². The predicted molar refractivity (Wildman–Crippen MR) is 157 cm³/mol. The van der Waals surface area contributed by atoms with Gasteiger partial charge in [0.15, 0.2) is 0 Å². The molecule has 0 aromatic heterocycles. The highest BCUT2D eigenvalue weighted by atomic mass is 32.2. The molecule has 3 rings (SSSR count). The minimum atomic E-state index is -3.81. The van der Waals surface area contributed by atoms with Crippen molar-refractivity contribution in [2.45, 2.75) is 53.1 Å². The Balaban J connectivity index is 2.09. The summed E-state index contributed by atoms with van der Waals surface area (Å²) in [5.74, 6) is -0.709. The minimum absolute atomic E-state index is 0.174. The molecule has 1 N–H and O–H groups in total. The molecule has 39 heavy (non-hydrogen) atoms. The van der Waals surface area contributed by atoms with Crippen molar-refractivity contribution >= 4 is 27.5 Å². The van der Waals surface area contributed by atoms with E-state index in [2.05, 4.69) is 5.32 Å². The quantitative estimate of drug-likeness (QED) is 0.359. The van der Waals surface area contributed by atoms with Gasteiger partial charge in [0, 0.05) is 19.5 Å². The second kappa shape index (κ2) is 13.4. The van der Waals surface area contributed by atoms with Crippen molar-refractivity contribution in [2.75, 3.05) is 23.7 Å². The fourth-order valence-electron chi connectivity index (χ4n) is 4.67. The third kappa shape index (κ3) is 7.93. The van der Waals surface area contributed by atoms with Gasteiger partial charge in [0.05, 0.1) is 11.9 Å². The lowest BCUT2D eigenvalue weighted by molar-refractivity contribution is -0.140. The number of nitrogens with zero attached hydrogens (tertiary/aromatic N) is 2. The largest absolute Gasteiger partial charge is 0.354 e. The summed E-state index contributed by atoms with van der Waals surface area (Å²) in [5.41, 5.74) is 4.77. The molecule has 0 spiro atoms. The maximum atomic E-state index is 14.2. The highest BCUT2D eigenvalue weighted by Crippen LogP contribution is 2.27. The summed E-state index contributed by atoms with van der Waals surface area (Å²) in [6.45, 7) is 7.82. The number of nitrogens with one attached hydrogen (secondary N) is 1. The van der Waals surface area contributed by atoms with Crippen LogP contribution in [0.1, 0.15) is 41.2 Å². The summed E-state index contributed by atoms with van der Waals surface area (Å²) in [6.07, 6.45) is 2.16. The Kier molecular flexibility index (Phi) is 10.3. The number of sulfonamides is 1. The van der Waals surface area contributed by atoms with Crippen molar-refractivity contribution < 1.29 is 18.0 Å². The molecule has 1 atom stereocenters. The van der Waals surface area contributed by atoms with Gasteiger partial charge in [-0.15, -0.1) is 0 Å². The van der Waals surface area contributed by atoms with Gasteiger partial charge in [-0.2, -0.15) is 0 Å². The first-order valence-corrected chi connectivity index (χ1v) is 15.1. The lowest BCUT2D eigenvalue weighted by Crippen LogP contribution is -2.53. The van der Waals surface area contributed by atoms with E-state index in [0.29, 0.717) is 18.7 Å². The van der Waals surface area contributed by atoms with Gasteiger partial charge >= 0.3 is 0 Å². The molecule has 0 aliphatic heterocycles. The molecular formula is C31H39N3O4S. The Labute approximate surface area is 232 Å². The van der Waals surface area contributed by atoms with E-state index in [1.54, 1.807) is 0 Å². The number of rotatable bonds is 12. The standard InChI is InChI=1S/C31H39N3O4S/c1-6-19-32-31(36)28(20-26-16-8-7-9-17-26)33(21-27-18-11-10-13-23(27)2)29(35)22-34(39(5,37)38)30-24(3)14-12-15-25(30)4/h7-18,28H,6,19-22H2,1-5H3,(H,32,36)/t28-/m0/s1. The highest BCUT2D eigenvalue weighted by molar-refractivity contribution is 7.92. The minimum Gasteiger partial charge on any atom is -0.354 e. The fourth-order valence-corrected chi connectivity index (χ4v) is 5.63. The number of carbonyl (C=O) groups is 2. The zero-order valence-electron chi connectivity index (χ0n) is 23.5. The van der Waals surface area contributed by atoms with Crippen LogP contribution >= 0.6 is 0 Å². The van der Waals surface area contributed by atoms with Crippen LogP contribution in [0.5, 0.6) is 0 Å². The first kappa shape index (κ1) is 29.9. The van der Waals surface area contributed by atoms with Crippen molar-refractivity contribution in [3.63, 3.8) is 0 Å². The zero-order chi connectivity index (χ0) is 28.6. The van der Waals surface area contributed by atoms with Gasteiger partial charge in [0.2, 0.25) is 21.8 Å². The van der Waals surface area contributed by atoms with Gasteiger partial charge in [-0.05, 0) is 55.0 Å². The first-order valence-electron chi connectivity index (χ1n) is 13.2. The van der Waals surface area contributed by atoms with Gasteiger partial charge in [0.25, 0.3) is 0 Å². The maximum absolute atomic E-state index is 14.2. The van der Waals surface area contributed by atoms with Crippen LogP contribution in [0.15, 0.2) is 72.8 Å². The number of amides is 2. The van der Waals surface area contributed by atoms with Crippen LogP contribution in [0.2, 0.25) is 0 Å². The number of carbonyl (C=O) groups excluding carboxylic acids is 2. The number of para-hydroxylation sites is 1. The number of anilines is 1. The summed E-state index contributed by atoms with van der Waals surface area (Å²) in [5, 5.41) is 2.96. The molecule has 3 aromatic rings. The monoisotopic (exact) mass is 549 g/mol. The molecule has 0 aliphatic rings. The van der Waals surface area contributed by atoms with E-state index in [4.69, 9.17) is 0 Å². The third-order valence-corrected chi connectivity index (χ3v) is 7.90. The number of hydrogen-bond acceptors (Lipinski definition) is 4. The molecule has 2 amide bonds. The smallest absolute Gasteiger partial charge is 0.244 e. The highest BCUT2D eigenvalue weighted by Gasteiger charge is 2.33. The molecule has 3 aromatic carbocycles. The molecule has 0 aliphatic carbocycles. The summed E-state index contributed by atoms with van der Waals surface area (Å²) in [6, 6.07) is 21.9. The Hall–Kier alpha value is -3.65. The Morgan fingerprint density at radius 1 is 0.846 bits per heavy atom. The van der Waals surface area contributed by atoms with Crippen LogP contribution in [0.3, 0.4) is 0 Å². The van der Waals surface area contributed by atoms with Crippen LogP contribution in [-0.4, -0.2) is 50.5 Å². The van der Waals surface area contributed by atoms with Crippen molar-refractivity contribution in [1.82, 2.24) is 10.2 Å². The number of benzene rings is 3. The van der Waals surface area contributed by atoms with Crippen molar-refractivity contribution in [1.29, 1.82) is 0 Å². The molecule has 0 saturated carbocycles. The Morgan fingerprint density at radius 2 is 1.44 bits per heavy atom. The maximum Gasteiger partial charge on any atom is 0.244 e. The molecular weight excluding hydrogens is 510 g/mol. The van der Waals surface area contributed by atoms with E-state index in [0.717, 1.165) is 44.8 Å². The lowest BCUT2D eigenvalue weighted by Gasteiger charge is -2.34. The molecule has 0 radical (unpaired) electrons. The second-order valence-electron chi connectivity index (χ2n) is 9.95. The molecule has 0 fully saturated rings. The van der Waals surface area contributed by atoms with Gasteiger partial charge in [0.1, 0.15) is 12.6 Å². The van der Waals surface area contributed by atoms with E-state index in [-0.39, 0.29) is 12.5 Å². The van der Waals surface area contributed by atoms with Crippen LogP contribution in [0.25, 0.3) is 0 Å². The fraction of sp³-hybridized carbons (Fsp3) is 0.355. The second-order valence-corrected chi connectivity index (χ2v) is 11.9. The van der Waals surface area contributed by atoms with Crippen LogP contribution in [0.4, 0.5) is 5.69 Å². The van der Waals surface area contributed by atoms with E-state index in [9.17, 15) is 18.0 Å². The van der Waals surface area contributed by atoms with Crippen molar-refractivity contribution in [3.05, 3.63) is 101 Å². The van der Waals surface area contributed by atoms with Crippen LogP contribution < -0.4 is 9.62 Å². The summed E-state index contributed by atoms with van der Waals surface area (Å²) in [4.78, 5) is 29.2. The normalized spacial score (nSPS) is 12.0. The molecule has 7 nitrogen and oxygen atoms in total. The van der Waals surface area contributed by atoms with Crippen LogP contribution in [0, 0.1) is 20.8 Å². The van der Waals surface area contributed by atoms with E-state index in [1.165, 1.54) is 4.90 Å². The lowest BCUT2D eigenvalue weighted by atomic mass is 10.0. The third-order valence-electron chi connectivity index (χ3n) is 6.79. The predicted octanol–water partition coefficient (Wildman–Crippen LogP) is 4.54. The average Bonchev–Trinajstić information content (AvgIpc) is 2.89. The molecule has 0 unspecified atom stereocenters. The van der Waals surface area contributed by atoms with E-state index < -0.39 is 28.5 Å². The summed E-state index contributed by atoms with van der Waals surface area (Å²) < 4.78 is 27.2. The van der Waals surface area contributed by atoms with Crippen molar-refractivity contribution in [3.8, 4) is 0 Å². The molecule has 0 heterocycles. The first-order chi connectivity index (χ1) is 18.5. The van der Waals surface area contributed by atoms with Gasteiger partial charge in [-0.1, -0.05) is 79.7 Å². The molecule has 8 heteroatoms. The van der Waals surface area contributed by atoms with Gasteiger partial charge < -0.3 is 10.2 Å². The average molecular weight is 550 g/mol. The van der Waals surface area contributed by atoms with Crippen LogP contribution in [-0.2, 0) is 32.6 Å². The van der Waals surface area contributed by atoms with E-state index >= 15 is 0 Å². The molecule has 208 valence electrons. The number of hydrogen-bond donors (Lipinski definition) is 1. The topological polar surface area (TPSA) is 86.8 Å². The summed E-state index contributed by atoms with van der Waals surface area (Å²) in [7, 11) is -3.81. The van der Waals surface area contributed by atoms with Gasteiger partial charge in [-0.25, -0.2) is 8.42 Å². The SMILES string of the molecule is CCCNC(=O)[C@H](Cc1ccccc1)N(Cc1ccccc1C)C(=O)CN(c1c(C)cccc1C)S(C)(=O)=O. The van der Waals surface area contributed by atoms with Crippen molar-refractivity contribution in [2.24, 2.45) is 0 Å². The Morgan fingerprint density at radius 3 is 2.03 bits per heavy atom.